The van der Waals surface area contributed by atoms with E-state index in [1.54, 1.807) is 6.20 Å². The highest BCUT2D eigenvalue weighted by Crippen LogP contribution is 2.34. The molecule has 1 fully saturated rings. The van der Waals surface area contributed by atoms with Crippen LogP contribution in [0, 0.1) is 5.92 Å². The van der Waals surface area contributed by atoms with E-state index in [4.69, 9.17) is 0 Å². The number of aliphatic imine (C=N–C) groups is 1. The summed E-state index contributed by atoms with van der Waals surface area (Å²) in [5.74, 6) is 0.300. The van der Waals surface area contributed by atoms with Gasteiger partial charge in [-0.15, -0.1) is 0 Å². The summed E-state index contributed by atoms with van der Waals surface area (Å²) < 4.78 is 0. The van der Waals surface area contributed by atoms with Gasteiger partial charge < -0.3 is 15.2 Å². The van der Waals surface area contributed by atoms with Crippen molar-refractivity contribution >= 4 is 45.8 Å². The highest BCUT2D eigenvalue weighted by atomic mass is 16.1. The minimum Gasteiger partial charge on any atom is -0.371 e. The summed E-state index contributed by atoms with van der Waals surface area (Å²) >= 11 is 0. The van der Waals surface area contributed by atoms with E-state index in [2.05, 4.69) is 60.3 Å². The van der Waals surface area contributed by atoms with Gasteiger partial charge in [0.25, 0.3) is 0 Å². The van der Waals surface area contributed by atoms with Crippen molar-refractivity contribution in [2.45, 2.75) is 46.5 Å². The van der Waals surface area contributed by atoms with Crippen molar-refractivity contribution in [2.75, 3.05) is 18.0 Å². The molecule has 3 aromatic heterocycles. The average molecular weight is 510 g/mol. The molecule has 0 radical (unpaired) electrons. The first-order valence-electron chi connectivity index (χ1n) is 13.3. The molecular formula is C30H35N7O. The Morgan fingerprint density at radius 3 is 2.76 bits per heavy atom. The Bertz CT molecular complexity index is 1530. The summed E-state index contributed by atoms with van der Waals surface area (Å²) in [5.41, 5.74) is 7.33. The molecule has 1 aliphatic heterocycles. The number of rotatable bonds is 8. The number of fused-ring (bicyclic) bond motifs is 2. The Kier molecular flexibility index (Phi) is 7.40. The van der Waals surface area contributed by atoms with Crippen molar-refractivity contribution in [3.63, 3.8) is 0 Å². The first kappa shape index (κ1) is 25.4. The molecular weight excluding hydrogens is 474 g/mol. The van der Waals surface area contributed by atoms with Crippen molar-refractivity contribution in [1.29, 1.82) is 0 Å². The Balaban J connectivity index is 1.50. The summed E-state index contributed by atoms with van der Waals surface area (Å²) in [7, 11) is 0. The predicted molar refractivity (Wildman–Crippen MR) is 156 cm³/mol. The van der Waals surface area contributed by atoms with Gasteiger partial charge in [0.2, 0.25) is 5.91 Å². The van der Waals surface area contributed by atoms with Crippen molar-refractivity contribution < 1.29 is 4.79 Å². The van der Waals surface area contributed by atoms with Gasteiger partial charge in [-0.1, -0.05) is 19.9 Å². The first-order chi connectivity index (χ1) is 18.4. The van der Waals surface area contributed by atoms with Gasteiger partial charge in [-0.05, 0) is 74.7 Å². The number of aromatic nitrogens is 4. The number of pyridine rings is 1. The molecule has 0 bridgehead atoms. The number of nitrogens with one attached hydrogen (secondary N) is 3. The average Bonchev–Trinajstić information content (AvgIpc) is 3.52. The van der Waals surface area contributed by atoms with E-state index in [1.165, 1.54) is 24.9 Å². The zero-order chi connectivity index (χ0) is 26.6. The highest BCUT2D eigenvalue weighted by molar-refractivity contribution is 5.99. The Morgan fingerprint density at radius 2 is 2.00 bits per heavy atom. The van der Waals surface area contributed by atoms with Crippen molar-refractivity contribution in [3.8, 4) is 11.4 Å². The predicted octanol–water partition coefficient (Wildman–Crippen LogP) is 6.20. The van der Waals surface area contributed by atoms with Gasteiger partial charge >= 0.3 is 0 Å². The van der Waals surface area contributed by atoms with Crippen LogP contribution in [-0.4, -0.2) is 45.9 Å². The lowest BCUT2D eigenvalue weighted by Crippen LogP contribution is -2.29. The van der Waals surface area contributed by atoms with E-state index in [-0.39, 0.29) is 5.91 Å². The molecule has 0 aliphatic carbocycles. The van der Waals surface area contributed by atoms with Gasteiger partial charge in [0, 0.05) is 59.6 Å². The van der Waals surface area contributed by atoms with Crippen LogP contribution in [0.25, 0.3) is 38.9 Å². The summed E-state index contributed by atoms with van der Waals surface area (Å²) in [6.07, 6.45) is 9.72. The highest BCUT2D eigenvalue weighted by Gasteiger charge is 2.18. The summed E-state index contributed by atoms with van der Waals surface area (Å²) in [6, 6.07) is 10.4. The number of piperidine rings is 1. The standard InChI is InChI=1S/C30H35N7O/c1-19(2)14-28(38)33-20(3)15-22(18-31-4)21-8-9-25-23(16-21)29(36-35-25)26-17-24-27(10-11-32-30(24)34-26)37-12-6-5-7-13-37/h8-11,15-19H,4-7,12-14H2,1-3H3,(H,32,34)(H,33,38)(H,35,36)/b20-15+,22-18+. The van der Waals surface area contributed by atoms with Crippen LogP contribution in [0.1, 0.15) is 52.0 Å². The third kappa shape index (κ3) is 5.39. The van der Waals surface area contributed by atoms with Crippen LogP contribution in [0.15, 0.2) is 59.5 Å². The molecule has 0 saturated carbocycles. The van der Waals surface area contributed by atoms with Crippen LogP contribution in [0.5, 0.6) is 0 Å². The smallest absolute Gasteiger partial charge is 0.224 e. The molecule has 0 atom stereocenters. The van der Waals surface area contributed by atoms with Gasteiger partial charge in [-0.25, -0.2) is 4.98 Å². The summed E-state index contributed by atoms with van der Waals surface area (Å²) in [5, 5.41) is 12.9. The van der Waals surface area contributed by atoms with Crippen LogP contribution in [-0.2, 0) is 4.79 Å². The van der Waals surface area contributed by atoms with E-state index < -0.39 is 0 Å². The van der Waals surface area contributed by atoms with Crippen LogP contribution in [0.4, 0.5) is 5.69 Å². The molecule has 0 unspecified atom stereocenters. The lowest BCUT2D eigenvalue weighted by molar-refractivity contribution is -0.121. The molecule has 3 N–H and O–H groups in total. The Labute approximate surface area is 222 Å². The van der Waals surface area contributed by atoms with Crippen LogP contribution in [0.2, 0.25) is 0 Å². The van der Waals surface area contributed by atoms with Gasteiger partial charge in [0.05, 0.1) is 11.2 Å². The van der Waals surface area contributed by atoms with E-state index in [1.807, 2.05) is 45.2 Å². The van der Waals surface area contributed by atoms with Crippen LogP contribution >= 0.6 is 0 Å². The molecule has 8 nitrogen and oxygen atoms in total. The lowest BCUT2D eigenvalue weighted by Gasteiger charge is -2.29. The van der Waals surface area contributed by atoms with Crippen LogP contribution in [0.3, 0.4) is 0 Å². The molecule has 1 amide bonds. The number of nitrogens with zero attached hydrogens (tertiary/aromatic N) is 4. The summed E-state index contributed by atoms with van der Waals surface area (Å²) in [4.78, 5) is 26.8. The second-order valence-corrected chi connectivity index (χ2v) is 10.4. The third-order valence-corrected chi connectivity index (χ3v) is 6.89. The fraction of sp³-hybridized carbons (Fsp3) is 0.333. The number of carbonyl (C=O) groups is 1. The largest absolute Gasteiger partial charge is 0.371 e. The second kappa shape index (κ2) is 11.0. The minimum absolute atomic E-state index is 0.00331. The molecule has 1 saturated heterocycles. The minimum atomic E-state index is 0.00331. The van der Waals surface area contributed by atoms with E-state index in [0.29, 0.717) is 12.3 Å². The third-order valence-electron chi connectivity index (χ3n) is 6.89. The molecule has 4 aromatic rings. The molecule has 1 aliphatic rings. The molecule has 8 heteroatoms. The van der Waals surface area contributed by atoms with Gasteiger partial charge in [0.15, 0.2) is 0 Å². The zero-order valence-electron chi connectivity index (χ0n) is 22.3. The molecule has 196 valence electrons. The topological polar surface area (TPSA) is 102 Å². The quantitative estimate of drug-likeness (QED) is 0.194. The number of carbonyl (C=O) groups excluding carboxylic acids is 1. The number of hydrogen-bond donors (Lipinski definition) is 3. The number of H-pyrrole nitrogens is 2. The van der Waals surface area contributed by atoms with E-state index in [9.17, 15) is 4.79 Å². The number of amides is 1. The van der Waals surface area contributed by atoms with E-state index in [0.717, 1.165) is 63.2 Å². The fourth-order valence-corrected chi connectivity index (χ4v) is 5.15. The zero-order valence-corrected chi connectivity index (χ0v) is 22.3. The number of hydrogen-bond acceptors (Lipinski definition) is 5. The summed E-state index contributed by atoms with van der Waals surface area (Å²) in [6.45, 7) is 11.7. The molecule has 38 heavy (non-hydrogen) atoms. The van der Waals surface area contributed by atoms with Crippen molar-refractivity contribution in [2.24, 2.45) is 10.9 Å². The van der Waals surface area contributed by atoms with E-state index >= 15 is 0 Å². The maximum Gasteiger partial charge on any atom is 0.224 e. The number of benzene rings is 1. The number of anilines is 1. The van der Waals surface area contributed by atoms with Gasteiger partial charge in [-0.2, -0.15) is 5.10 Å². The maximum absolute atomic E-state index is 12.2. The first-order valence-corrected chi connectivity index (χ1v) is 13.3. The second-order valence-electron chi connectivity index (χ2n) is 10.4. The van der Waals surface area contributed by atoms with Crippen LogP contribution < -0.4 is 10.2 Å². The van der Waals surface area contributed by atoms with Crippen molar-refractivity contribution in [3.05, 3.63) is 60.1 Å². The molecule has 4 heterocycles. The molecule has 5 rings (SSSR count). The maximum atomic E-state index is 12.2. The van der Waals surface area contributed by atoms with Crippen molar-refractivity contribution in [1.82, 2.24) is 25.5 Å². The normalized spacial score (nSPS) is 15.0. The van der Waals surface area contributed by atoms with Gasteiger partial charge in [0.1, 0.15) is 11.3 Å². The Morgan fingerprint density at radius 1 is 1.18 bits per heavy atom. The molecule has 1 aromatic carbocycles. The fourth-order valence-electron chi connectivity index (χ4n) is 5.15. The number of aromatic amines is 2. The number of allylic oxidation sites excluding steroid dienone is 3. The molecule has 0 spiro atoms. The monoisotopic (exact) mass is 509 g/mol. The van der Waals surface area contributed by atoms with Gasteiger partial charge in [-0.3, -0.25) is 14.9 Å². The Hall–Kier alpha value is -4.20. The lowest BCUT2D eigenvalue weighted by atomic mass is 10.0. The SMILES string of the molecule is C=N/C=C(\C=C(/C)NC(=O)CC(C)C)c1ccc2[nH]nc(-c3cc4c(N5CCCCC5)ccnc4[nH]3)c2c1.